The van der Waals surface area contributed by atoms with E-state index in [1.165, 1.54) is 24.4 Å². The number of hydrogen-bond donors (Lipinski definition) is 3. The van der Waals surface area contributed by atoms with Gasteiger partial charge >= 0.3 is 5.97 Å². The Bertz CT molecular complexity index is 1570. The molecule has 0 amide bonds. The molecule has 0 saturated carbocycles. The van der Waals surface area contributed by atoms with Gasteiger partial charge in [0.15, 0.2) is 18.2 Å². The van der Waals surface area contributed by atoms with Crippen LogP contribution in [0.5, 0.6) is 5.75 Å². The number of benzene rings is 2. The normalized spacial score (nSPS) is 14.1. The van der Waals surface area contributed by atoms with Crippen LogP contribution in [0.1, 0.15) is 6.42 Å². The van der Waals surface area contributed by atoms with Gasteiger partial charge in [0.2, 0.25) is 0 Å². The molecule has 1 aliphatic rings. The minimum absolute atomic E-state index is 0.0198. The molecule has 2 aromatic heterocycles. The summed E-state index contributed by atoms with van der Waals surface area (Å²) in [5.41, 5.74) is 7.15. The fourth-order valence-electron chi connectivity index (χ4n) is 4.47. The van der Waals surface area contributed by atoms with Gasteiger partial charge in [-0.05, 0) is 35.9 Å². The molecular formula is C28H28F2N6O5S. The average molecular weight is 599 g/mol. The highest BCUT2D eigenvalue weighted by Gasteiger charge is 2.23. The number of carboxylic acid groups (broad SMARTS) is 1. The van der Waals surface area contributed by atoms with E-state index in [1.807, 2.05) is 4.90 Å². The summed E-state index contributed by atoms with van der Waals surface area (Å²) in [5, 5.41) is 9.86. The van der Waals surface area contributed by atoms with E-state index in [4.69, 9.17) is 25.2 Å². The maximum Gasteiger partial charge on any atom is 0.341 e. The number of nitrogens with zero attached hydrogens (tertiary/aromatic N) is 4. The largest absolute Gasteiger partial charge is 0.593 e. The van der Waals surface area contributed by atoms with E-state index in [2.05, 4.69) is 9.71 Å². The standard InChI is InChI=1S/C28H28F2N6O5S/c29-7-2-12-42(39)35-21-4-1-3-19(25(21)30)18-13-20-26(22(14-18)41-16-24(37)38)33-27(17-5-6-23(31)32-15-17)34-28(20)36-8-10-40-11-9-36/h1,3-6,13-15,35H,2,7-12,16H2,(H2,31,32)(H,37,38). The fourth-order valence-corrected chi connectivity index (χ4v) is 5.34. The van der Waals surface area contributed by atoms with Crippen LogP contribution in [0.4, 0.5) is 26.1 Å². The fraction of sp³-hybridized carbons (Fsp3) is 0.286. The van der Waals surface area contributed by atoms with E-state index in [0.717, 1.165) is 0 Å². The Morgan fingerprint density at radius 2 is 2.00 bits per heavy atom. The number of nitrogens with one attached hydrogen (secondary N) is 1. The molecule has 2 aromatic carbocycles. The van der Waals surface area contributed by atoms with Gasteiger partial charge in [0.05, 0.1) is 31.3 Å². The van der Waals surface area contributed by atoms with Gasteiger partial charge in [0, 0.05) is 42.2 Å². The second-order valence-electron chi connectivity index (χ2n) is 9.36. The number of nitrogen functional groups attached to an aromatic ring is 1. The minimum Gasteiger partial charge on any atom is -0.593 e. The molecule has 11 nitrogen and oxygen atoms in total. The maximum atomic E-state index is 15.8. The number of rotatable bonds is 11. The number of pyridine rings is 1. The lowest BCUT2D eigenvalue weighted by Gasteiger charge is -2.29. The highest BCUT2D eigenvalue weighted by atomic mass is 32.2. The zero-order chi connectivity index (χ0) is 29.6. The van der Waals surface area contributed by atoms with Crippen LogP contribution in [0.3, 0.4) is 0 Å². The molecule has 3 heterocycles. The summed E-state index contributed by atoms with van der Waals surface area (Å²) < 4.78 is 54.4. The smallest absolute Gasteiger partial charge is 0.341 e. The van der Waals surface area contributed by atoms with Crippen molar-refractivity contribution in [2.24, 2.45) is 0 Å². The molecule has 220 valence electrons. The number of hydrogen-bond acceptors (Lipinski definition) is 10. The monoisotopic (exact) mass is 598 g/mol. The predicted molar refractivity (Wildman–Crippen MR) is 156 cm³/mol. The zero-order valence-electron chi connectivity index (χ0n) is 22.4. The third-order valence-electron chi connectivity index (χ3n) is 6.45. The first-order valence-electron chi connectivity index (χ1n) is 13.1. The van der Waals surface area contributed by atoms with Crippen molar-refractivity contribution in [3.8, 4) is 28.3 Å². The molecule has 0 aliphatic carbocycles. The average Bonchev–Trinajstić information content (AvgIpc) is 3.00. The molecule has 0 spiro atoms. The second-order valence-corrected chi connectivity index (χ2v) is 10.7. The molecule has 1 saturated heterocycles. The molecule has 1 fully saturated rings. The zero-order valence-corrected chi connectivity index (χ0v) is 23.2. The molecular weight excluding hydrogens is 570 g/mol. The van der Waals surface area contributed by atoms with Gasteiger partial charge in [-0.15, -0.1) is 0 Å². The van der Waals surface area contributed by atoms with E-state index < -0.39 is 36.4 Å². The number of carboxylic acids is 1. The van der Waals surface area contributed by atoms with Gasteiger partial charge < -0.3 is 29.8 Å². The van der Waals surface area contributed by atoms with Crippen molar-refractivity contribution in [2.75, 3.05) is 60.7 Å². The van der Waals surface area contributed by atoms with Crippen molar-refractivity contribution in [3.63, 3.8) is 0 Å². The summed E-state index contributed by atoms with van der Waals surface area (Å²) in [6, 6.07) is 11.1. The van der Waals surface area contributed by atoms with Gasteiger partial charge in [0.1, 0.15) is 34.3 Å². The number of fused-ring (bicyclic) bond motifs is 1. The molecule has 0 bridgehead atoms. The number of nitrogens with two attached hydrogens (primary N) is 1. The van der Waals surface area contributed by atoms with Crippen LogP contribution in [0, 0.1) is 5.82 Å². The van der Waals surface area contributed by atoms with Gasteiger partial charge in [-0.3, -0.25) is 4.39 Å². The van der Waals surface area contributed by atoms with Crippen LogP contribution in [-0.2, 0) is 20.9 Å². The number of anilines is 3. The Balaban J connectivity index is 1.68. The third-order valence-corrected chi connectivity index (χ3v) is 7.56. The number of morpholine rings is 1. The first-order chi connectivity index (χ1) is 20.3. The van der Waals surface area contributed by atoms with Crippen molar-refractivity contribution in [1.29, 1.82) is 0 Å². The predicted octanol–water partition coefficient (Wildman–Crippen LogP) is 3.82. The SMILES string of the molecule is Nc1ccc(-c2nc(N3CCOCC3)c3cc(-c4cccc(N[S+]([O-])CCCF)c4F)cc(OCC(=O)O)c3n2)cn1. The molecule has 1 atom stereocenters. The van der Waals surface area contributed by atoms with E-state index in [1.54, 1.807) is 24.3 Å². The van der Waals surface area contributed by atoms with E-state index in [0.29, 0.717) is 65.8 Å². The number of aliphatic carboxylic acids is 1. The number of aromatic nitrogens is 3. The Kier molecular flexibility index (Phi) is 9.15. The van der Waals surface area contributed by atoms with Gasteiger partial charge in [-0.2, -0.15) is 0 Å². The van der Waals surface area contributed by atoms with Crippen molar-refractivity contribution in [3.05, 3.63) is 54.5 Å². The van der Waals surface area contributed by atoms with E-state index >= 15 is 4.39 Å². The molecule has 0 radical (unpaired) electrons. The quantitative estimate of drug-likeness (QED) is 0.216. The highest BCUT2D eigenvalue weighted by molar-refractivity contribution is 7.92. The number of alkyl halides is 1. The maximum absolute atomic E-state index is 15.8. The van der Waals surface area contributed by atoms with Crippen LogP contribution >= 0.6 is 0 Å². The molecule has 4 N–H and O–H groups in total. The molecule has 4 aromatic rings. The van der Waals surface area contributed by atoms with Crippen LogP contribution in [0.15, 0.2) is 48.7 Å². The summed E-state index contributed by atoms with van der Waals surface area (Å²) in [7, 11) is 0. The van der Waals surface area contributed by atoms with Crippen molar-refractivity contribution >= 4 is 45.6 Å². The lowest BCUT2D eigenvalue weighted by atomic mass is 10.0. The van der Waals surface area contributed by atoms with Crippen LogP contribution < -0.4 is 20.1 Å². The van der Waals surface area contributed by atoms with Crippen molar-refractivity contribution in [1.82, 2.24) is 15.0 Å². The number of carbonyl (C=O) groups is 1. The molecule has 14 heteroatoms. The summed E-state index contributed by atoms with van der Waals surface area (Å²) >= 11 is -1.68. The summed E-state index contributed by atoms with van der Waals surface area (Å²) in [4.78, 5) is 27.1. The van der Waals surface area contributed by atoms with E-state index in [-0.39, 0.29) is 29.2 Å². The molecule has 5 rings (SSSR count). The second kappa shape index (κ2) is 13.1. The van der Waals surface area contributed by atoms with Crippen molar-refractivity contribution < 1.29 is 32.7 Å². The Morgan fingerprint density at radius 3 is 2.71 bits per heavy atom. The summed E-state index contributed by atoms with van der Waals surface area (Å²) in [6.07, 6.45) is 1.62. The Hall–Kier alpha value is -4.27. The van der Waals surface area contributed by atoms with Gasteiger partial charge in [-0.25, -0.2) is 28.9 Å². The molecule has 42 heavy (non-hydrogen) atoms. The number of halogens is 2. The Labute approximate surface area is 243 Å². The lowest BCUT2D eigenvalue weighted by Crippen LogP contribution is -2.37. The summed E-state index contributed by atoms with van der Waals surface area (Å²) in [5.74, 6) is -0.587. The van der Waals surface area contributed by atoms with Gasteiger partial charge in [-0.1, -0.05) is 12.1 Å². The first kappa shape index (κ1) is 29.2. The minimum atomic E-state index is -1.68. The number of ether oxygens (including phenoxy) is 2. The van der Waals surface area contributed by atoms with Crippen LogP contribution in [-0.4, -0.2) is 75.9 Å². The lowest BCUT2D eigenvalue weighted by molar-refractivity contribution is -0.139. The van der Waals surface area contributed by atoms with Crippen molar-refractivity contribution in [2.45, 2.75) is 6.42 Å². The van der Waals surface area contributed by atoms with Crippen LogP contribution in [0.2, 0.25) is 0 Å². The van der Waals surface area contributed by atoms with Gasteiger partial charge in [0.25, 0.3) is 0 Å². The first-order valence-corrected chi connectivity index (χ1v) is 14.4. The molecule has 1 unspecified atom stereocenters. The summed E-state index contributed by atoms with van der Waals surface area (Å²) in [6.45, 7) is 0.698. The Morgan fingerprint density at radius 1 is 1.19 bits per heavy atom. The van der Waals surface area contributed by atoms with Crippen LogP contribution in [0.25, 0.3) is 33.4 Å². The third kappa shape index (κ3) is 6.61. The highest BCUT2D eigenvalue weighted by Crippen LogP contribution is 2.39. The topological polar surface area (TPSA) is 159 Å². The van der Waals surface area contributed by atoms with E-state index in [9.17, 15) is 18.8 Å². The molecule has 1 aliphatic heterocycles.